The van der Waals surface area contributed by atoms with Crippen LogP contribution in [-0.4, -0.2) is 25.6 Å². The van der Waals surface area contributed by atoms with E-state index in [0.29, 0.717) is 11.4 Å². The highest BCUT2D eigenvalue weighted by molar-refractivity contribution is 5.94. The number of alkyl halides is 3. The van der Waals surface area contributed by atoms with Crippen molar-refractivity contribution < 1.29 is 32.2 Å². The second kappa shape index (κ2) is 8.37. The second-order valence-electron chi connectivity index (χ2n) is 5.28. The molecule has 0 unspecified atom stereocenters. The number of esters is 1. The molecule has 0 fully saturated rings. The highest BCUT2D eigenvalue weighted by Gasteiger charge is 2.30. The van der Waals surface area contributed by atoms with Crippen LogP contribution in [0.3, 0.4) is 0 Å². The van der Waals surface area contributed by atoms with Crippen LogP contribution < -0.4 is 10.1 Å². The minimum atomic E-state index is -4.49. The van der Waals surface area contributed by atoms with Crippen molar-refractivity contribution in [1.29, 1.82) is 0 Å². The van der Waals surface area contributed by atoms with Gasteiger partial charge in [-0.25, -0.2) is 0 Å². The lowest BCUT2D eigenvalue weighted by molar-refractivity contribution is -0.146. The topological polar surface area (TPSA) is 64.6 Å². The molecule has 0 aliphatic heterocycles. The zero-order chi connectivity index (χ0) is 19.2. The highest BCUT2D eigenvalue weighted by atomic mass is 19.4. The number of hydrogen-bond acceptors (Lipinski definition) is 4. The lowest BCUT2D eigenvalue weighted by Crippen LogP contribution is -2.22. The Kier molecular flexibility index (Phi) is 6.21. The molecule has 138 valence electrons. The molecule has 26 heavy (non-hydrogen) atoms. The van der Waals surface area contributed by atoms with Crippen molar-refractivity contribution in [2.24, 2.45) is 0 Å². The third-order valence-corrected chi connectivity index (χ3v) is 3.35. The van der Waals surface area contributed by atoms with Gasteiger partial charge in [0.15, 0.2) is 6.61 Å². The van der Waals surface area contributed by atoms with Crippen molar-refractivity contribution in [3.05, 3.63) is 59.7 Å². The number of carbonyl (C=O) groups is 2. The van der Waals surface area contributed by atoms with E-state index in [0.717, 1.165) is 12.1 Å². The van der Waals surface area contributed by atoms with Gasteiger partial charge in [-0.3, -0.25) is 9.59 Å². The number of benzene rings is 2. The predicted molar refractivity (Wildman–Crippen MR) is 87.7 cm³/mol. The van der Waals surface area contributed by atoms with E-state index >= 15 is 0 Å². The number of methoxy groups -OCH3 is 1. The first kappa shape index (κ1) is 19.3. The fourth-order valence-corrected chi connectivity index (χ4v) is 2.16. The van der Waals surface area contributed by atoms with Crippen LogP contribution in [0, 0.1) is 0 Å². The maximum Gasteiger partial charge on any atom is 0.416 e. The molecule has 0 saturated carbocycles. The van der Waals surface area contributed by atoms with Crippen LogP contribution in [0.5, 0.6) is 5.75 Å². The molecule has 0 aliphatic carbocycles. The average Bonchev–Trinajstić information content (AvgIpc) is 2.60. The van der Waals surface area contributed by atoms with Gasteiger partial charge in [0.25, 0.3) is 5.91 Å². The third-order valence-electron chi connectivity index (χ3n) is 3.35. The monoisotopic (exact) mass is 367 g/mol. The Bertz CT molecular complexity index is 790. The fourth-order valence-electron chi connectivity index (χ4n) is 2.16. The lowest BCUT2D eigenvalue weighted by atomic mass is 10.1. The normalized spacial score (nSPS) is 10.9. The lowest BCUT2D eigenvalue weighted by Gasteiger charge is -2.10. The summed E-state index contributed by atoms with van der Waals surface area (Å²) in [4.78, 5) is 23.6. The first-order chi connectivity index (χ1) is 12.3. The standard InChI is InChI=1S/C18H16F3NO4/c1-25-15-8-3-2-7-14(15)22-16(23)11-26-17(24)10-12-5-4-6-13(9-12)18(19,20)21/h2-9H,10-11H2,1H3,(H,22,23). The summed E-state index contributed by atoms with van der Waals surface area (Å²) < 4.78 is 47.8. The highest BCUT2D eigenvalue weighted by Crippen LogP contribution is 2.29. The summed E-state index contributed by atoms with van der Waals surface area (Å²) in [7, 11) is 1.44. The molecule has 2 aromatic rings. The second-order valence-corrected chi connectivity index (χ2v) is 5.28. The number of nitrogens with one attached hydrogen (secondary N) is 1. The summed E-state index contributed by atoms with van der Waals surface area (Å²) >= 11 is 0. The van der Waals surface area contributed by atoms with Gasteiger partial charge in [0.05, 0.1) is 24.8 Å². The van der Waals surface area contributed by atoms with Gasteiger partial charge in [-0.15, -0.1) is 0 Å². The minimum absolute atomic E-state index is 0.148. The molecule has 2 rings (SSSR count). The van der Waals surface area contributed by atoms with E-state index in [-0.39, 0.29) is 12.0 Å². The van der Waals surface area contributed by atoms with Gasteiger partial charge in [0, 0.05) is 0 Å². The van der Waals surface area contributed by atoms with Crippen LogP contribution in [0.1, 0.15) is 11.1 Å². The number of carbonyl (C=O) groups excluding carboxylic acids is 2. The number of anilines is 1. The van der Waals surface area contributed by atoms with Crippen LogP contribution in [-0.2, 0) is 26.9 Å². The summed E-state index contributed by atoms with van der Waals surface area (Å²) in [5.74, 6) is -0.956. The Balaban J connectivity index is 1.88. The first-order valence-electron chi connectivity index (χ1n) is 7.54. The molecule has 0 atom stereocenters. The van der Waals surface area contributed by atoms with Crippen LogP contribution in [0.2, 0.25) is 0 Å². The summed E-state index contributed by atoms with van der Waals surface area (Å²) in [5, 5.41) is 2.52. The molecule has 2 aromatic carbocycles. The molecule has 0 aromatic heterocycles. The van der Waals surface area contributed by atoms with Gasteiger partial charge in [-0.1, -0.05) is 30.3 Å². The molecule has 5 nitrogen and oxygen atoms in total. The molecule has 1 amide bonds. The Morgan fingerprint density at radius 2 is 1.81 bits per heavy atom. The summed E-state index contributed by atoms with van der Waals surface area (Å²) in [5.41, 5.74) is -0.291. The molecular formula is C18H16F3NO4. The third kappa shape index (κ3) is 5.51. The average molecular weight is 367 g/mol. The van der Waals surface area contributed by atoms with Gasteiger partial charge >= 0.3 is 12.1 Å². The molecule has 1 N–H and O–H groups in total. The molecular weight excluding hydrogens is 351 g/mol. The van der Waals surface area contributed by atoms with Crippen LogP contribution in [0.4, 0.5) is 18.9 Å². The number of hydrogen-bond donors (Lipinski definition) is 1. The Morgan fingerprint density at radius 1 is 1.08 bits per heavy atom. The molecule has 0 spiro atoms. The van der Waals surface area contributed by atoms with Gasteiger partial charge < -0.3 is 14.8 Å². The van der Waals surface area contributed by atoms with Crippen molar-refractivity contribution in [2.45, 2.75) is 12.6 Å². The number of halogens is 3. The summed E-state index contributed by atoms with van der Waals surface area (Å²) in [6, 6.07) is 11.1. The minimum Gasteiger partial charge on any atom is -0.495 e. The molecule has 0 heterocycles. The van der Waals surface area contributed by atoms with Crippen molar-refractivity contribution >= 4 is 17.6 Å². The number of para-hydroxylation sites is 2. The zero-order valence-corrected chi connectivity index (χ0v) is 13.8. The van der Waals surface area contributed by atoms with Crippen molar-refractivity contribution in [2.75, 3.05) is 19.0 Å². The van der Waals surface area contributed by atoms with Crippen LogP contribution in [0.25, 0.3) is 0 Å². The maximum atomic E-state index is 12.6. The molecule has 0 radical (unpaired) electrons. The smallest absolute Gasteiger partial charge is 0.416 e. The molecule has 8 heteroatoms. The van der Waals surface area contributed by atoms with Crippen LogP contribution >= 0.6 is 0 Å². The maximum absolute atomic E-state index is 12.6. The van der Waals surface area contributed by atoms with Crippen LogP contribution in [0.15, 0.2) is 48.5 Å². The Labute approximate surface area is 147 Å². The molecule has 0 bridgehead atoms. The van der Waals surface area contributed by atoms with E-state index < -0.39 is 30.2 Å². The van der Waals surface area contributed by atoms with Gasteiger partial charge in [-0.05, 0) is 23.8 Å². The van der Waals surface area contributed by atoms with Crippen molar-refractivity contribution in [1.82, 2.24) is 0 Å². The molecule has 0 aliphatic rings. The Hall–Kier alpha value is -3.03. The van der Waals surface area contributed by atoms with Gasteiger partial charge in [-0.2, -0.15) is 13.2 Å². The number of rotatable bonds is 6. The zero-order valence-electron chi connectivity index (χ0n) is 13.8. The van der Waals surface area contributed by atoms with E-state index in [1.807, 2.05) is 0 Å². The van der Waals surface area contributed by atoms with Gasteiger partial charge in [0.1, 0.15) is 5.75 Å². The van der Waals surface area contributed by atoms with E-state index in [9.17, 15) is 22.8 Å². The summed E-state index contributed by atoms with van der Waals surface area (Å²) in [6.07, 6.45) is -4.86. The Morgan fingerprint density at radius 3 is 2.50 bits per heavy atom. The molecule has 0 saturated heterocycles. The fraction of sp³-hybridized carbons (Fsp3) is 0.222. The van der Waals surface area contributed by atoms with E-state index in [1.165, 1.54) is 19.2 Å². The number of ether oxygens (including phenoxy) is 2. The quantitative estimate of drug-likeness (QED) is 0.795. The van der Waals surface area contributed by atoms with Crippen molar-refractivity contribution in [3.8, 4) is 5.75 Å². The number of amides is 1. The van der Waals surface area contributed by atoms with E-state index in [2.05, 4.69) is 5.32 Å². The van der Waals surface area contributed by atoms with Crippen molar-refractivity contribution in [3.63, 3.8) is 0 Å². The summed E-state index contributed by atoms with van der Waals surface area (Å²) in [6.45, 7) is -0.560. The predicted octanol–water partition coefficient (Wildman–Crippen LogP) is 3.44. The largest absolute Gasteiger partial charge is 0.495 e. The van der Waals surface area contributed by atoms with Gasteiger partial charge in [0.2, 0.25) is 0 Å². The van der Waals surface area contributed by atoms with E-state index in [1.54, 1.807) is 24.3 Å². The first-order valence-corrected chi connectivity index (χ1v) is 7.54. The SMILES string of the molecule is COc1ccccc1NC(=O)COC(=O)Cc1cccc(C(F)(F)F)c1. The van der Waals surface area contributed by atoms with E-state index in [4.69, 9.17) is 9.47 Å².